The molecule has 1 rings (SSSR count). The van der Waals surface area contributed by atoms with Gasteiger partial charge in [-0.25, -0.2) is 0 Å². The molecule has 0 aliphatic rings. The monoisotopic (exact) mass is 352 g/mol. The molecule has 1 aromatic rings. The Hall–Kier alpha value is -0.916. The van der Waals surface area contributed by atoms with E-state index in [4.69, 9.17) is 9.16 Å². The van der Waals surface area contributed by atoms with Crippen molar-refractivity contribution in [3.63, 3.8) is 0 Å². The lowest BCUT2D eigenvalue weighted by Crippen LogP contribution is -2.50. The minimum atomic E-state index is -1.93. The second-order valence-corrected chi connectivity index (χ2v) is 18.2. The molecule has 0 unspecified atom stereocenters. The lowest BCUT2D eigenvalue weighted by molar-refractivity contribution is -0.150. The molecular formula is C18H32O3Si2. The van der Waals surface area contributed by atoms with Gasteiger partial charge in [0.05, 0.1) is 25.8 Å². The van der Waals surface area contributed by atoms with Crippen LogP contribution in [0.1, 0.15) is 25.5 Å². The smallest absolute Gasteiger partial charge is 0.311 e. The second kappa shape index (κ2) is 7.32. The fourth-order valence-electron chi connectivity index (χ4n) is 2.59. The average molecular weight is 353 g/mol. The van der Waals surface area contributed by atoms with Crippen LogP contribution in [0.3, 0.4) is 0 Å². The maximum Gasteiger partial charge on any atom is 0.311 e. The summed E-state index contributed by atoms with van der Waals surface area (Å²) in [5, 5.41) is -0.634. The van der Waals surface area contributed by atoms with Gasteiger partial charge in [0.2, 0.25) is 0 Å². The summed E-state index contributed by atoms with van der Waals surface area (Å²) in [6.45, 7) is 17.4. The van der Waals surface area contributed by atoms with E-state index in [1.165, 1.54) is 0 Å². The molecule has 23 heavy (non-hydrogen) atoms. The Labute approximate surface area is 143 Å². The maximum atomic E-state index is 13.0. The van der Waals surface area contributed by atoms with Gasteiger partial charge >= 0.3 is 5.97 Å². The van der Waals surface area contributed by atoms with E-state index in [0.29, 0.717) is 6.61 Å². The summed E-state index contributed by atoms with van der Waals surface area (Å²) in [5.74, 6) is -0.133. The number of rotatable bonds is 7. The van der Waals surface area contributed by atoms with Gasteiger partial charge in [-0.1, -0.05) is 50.0 Å². The van der Waals surface area contributed by atoms with Crippen LogP contribution in [0.15, 0.2) is 30.3 Å². The van der Waals surface area contributed by atoms with Gasteiger partial charge in [-0.05, 0) is 39.1 Å². The molecule has 1 aromatic carbocycles. The lowest BCUT2D eigenvalue weighted by Gasteiger charge is -2.46. The van der Waals surface area contributed by atoms with Crippen molar-refractivity contribution in [3.8, 4) is 0 Å². The highest BCUT2D eigenvalue weighted by atomic mass is 28.4. The molecule has 0 N–H and O–H groups in total. The van der Waals surface area contributed by atoms with Crippen molar-refractivity contribution in [3.05, 3.63) is 35.9 Å². The number of hydrogen-bond donors (Lipinski definition) is 0. The molecule has 0 aliphatic carbocycles. The van der Waals surface area contributed by atoms with E-state index in [-0.39, 0.29) is 12.1 Å². The normalized spacial score (nSPS) is 16.5. The molecule has 0 aromatic heterocycles. The van der Waals surface area contributed by atoms with Gasteiger partial charge < -0.3 is 9.16 Å². The van der Waals surface area contributed by atoms with Crippen molar-refractivity contribution < 1.29 is 14.0 Å². The summed E-state index contributed by atoms with van der Waals surface area (Å²) in [6, 6.07) is 10.1. The molecule has 130 valence electrons. The van der Waals surface area contributed by atoms with Crippen LogP contribution in [0.2, 0.25) is 44.3 Å². The number of esters is 1. The second-order valence-electron chi connectivity index (χ2n) is 8.19. The predicted molar refractivity (Wildman–Crippen MR) is 102 cm³/mol. The first kappa shape index (κ1) is 20.1. The molecule has 5 heteroatoms. The molecular weight excluding hydrogens is 320 g/mol. The van der Waals surface area contributed by atoms with Gasteiger partial charge in [0.1, 0.15) is 0 Å². The first-order chi connectivity index (χ1) is 10.4. The molecule has 0 saturated carbocycles. The van der Waals surface area contributed by atoms with E-state index in [1.807, 2.05) is 32.0 Å². The van der Waals surface area contributed by atoms with E-state index in [9.17, 15) is 4.79 Å². The van der Waals surface area contributed by atoms with E-state index in [2.05, 4.69) is 51.4 Å². The van der Waals surface area contributed by atoms with Gasteiger partial charge in [0.15, 0.2) is 8.32 Å². The Kier molecular flexibility index (Phi) is 6.41. The van der Waals surface area contributed by atoms with Crippen molar-refractivity contribution in [2.45, 2.75) is 64.3 Å². The number of hydrogen-bond acceptors (Lipinski definition) is 3. The van der Waals surface area contributed by atoms with Crippen LogP contribution in [0.5, 0.6) is 0 Å². The van der Waals surface area contributed by atoms with Crippen LogP contribution in [-0.4, -0.2) is 29.0 Å². The molecule has 0 bridgehead atoms. The fraction of sp³-hybridized carbons (Fsp3) is 0.611. The van der Waals surface area contributed by atoms with Crippen molar-refractivity contribution in [2.24, 2.45) is 0 Å². The molecule has 2 atom stereocenters. The number of ether oxygens (including phenoxy) is 1. The molecule has 0 heterocycles. The first-order valence-corrected chi connectivity index (χ1v) is 15.2. The zero-order valence-electron chi connectivity index (χ0n) is 15.9. The van der Waals surface area contributed by atoms with Crippen LogP contribution in [-0.2, 0) is 14.0 Å². The third-order valence-corrected chi connectivity index (χ3v) is 8.88. The summed E-state index contributed by atoms with van der Waals surface area (Å²) in [7, 11) is -3.78. The fourth-order valence-corrected chi connectivity index (χ4v) is 5.48. The zero-order chi connectivity index (χ0) is 17.9. The Bertz CT molecular complexity index is 517. The quantitative estimate of drug-likeness (QED) is 0.497. The topological polar surface area (TPSA) is 35.5 Å². The molecule has 0 fully saturated rings. The van der Waals surface area contributed by atoms with Crippen molar-refractivity contribution >= 4 is 22.4 Å². The van der Waals surface area contributed by atoms with Crippen LogP contribution >= 0.6 is 0 Å². The number of carbonyl (C=O) groups is 1. The van der Waals surface area contributed by atoms with Crippen LogP contribution in [0.4, 0.5) is 0 Å². The van der Waals surface area contributed by atoms with Crippen molar-refractivity contribution in [2.75, 3.05) is 6.61 Å². The molecule has 0 saturated heterocycles. The van der Waals surface area contributed by atoms with Gasteiger partial charge in [-0.2, -0.15) is 0 Å². The molecule has 0 amide bonds. The largest absolute Gasteiger partial charge is 0.466 e. The highest BCUT2D eigenvalue weighted by molar-refractivity contribution is 6.82. The van der Waals surface area contributed by atoms with Crippen LogP contribution < -0.4 is 0 Å². The molecule has 3 nitrogen and oxygen atoms in total. The number of benzene rings is 1. The standard InChI is InChI=1S/C18H32O3Si2/c1-9-20-17(19)18(2,22(3,4)5)16(21-23(6,7)8)15-13-11-10-12-14-15/h10-14,16H,9H2,1-8H3/t16-,18-/m1/s1. The van der Waals surface area contributed by atoms with Gasteiger partial charge in [-0.3, -0.25) is 4.79 Å². The Morgan fingerprint density at radius 2 is 1.61 bits per heavy atom. The van der Waals surface area contributed by atoms with E-state index < -0.39 is 21.4 Å². The Morgan fingerprint density at radius 3 is 2.00 bits per heavy atom. The highest BCUT2D eigenvalue weighted by Crippen LogP contribution is 2.52. The third-order valence-electron chi connectivity index (χ3n) is 4.36. The highest BCUT2D eigenvalue weighted by Gasteiger charge is 2.54. The first-order valence-electron chi connectivity index (χ1n) is 8.33. The Balaban J connectivity index is 3.47. The average Bonchev–Trinajstić information content (AvgIpc) is 2.43. The van der Waals surface area contributed by atoms with Crippen LogP contribution in [0.25, 0.3) is 0 Å². The summed E-state index contributed by atoms with van der Waals surface area (Å²) in [5.41, 5.74) is 1.06. The molecule has 0 aliphatic heterocycles. The van der Waals surface area contributed by atoms with Gasteiger partial charge in [-0.15, -0.1) is 0 Å². The van der Waals surface area contributed by atoms with Crippen molar-refractivity contribution in [1.82, 2.24) is 0 Å². The minimum absolute atomic E-state index is 0.133. The van der Waals surface area contributed by atoms with Crippen molar-refractivity contribution in [1.29, 1.82) is 0 Å². The van der Waals surface area contributed by atoms with E-state index in [0.717, 1.165) is 5.56 Å². The van der Waals surface area contributed by atoms with Gasteiger partial charge in [0.25, 0.3) is 0 Å². The molecule has 0 spiro atoms. The van der Waals surface area contributed by atoms with Gasteiger partial charge in [0, 0.05) is 0 Å². The SMILES string of the molecule is CCOC(=O)[C@@](C)([C@H](O[Si](C)(C)C)c1ccccc1)[Si](C)(C)C. The zero-order valence-corrected chi connectivity index (χ0v) is 17.9. The predicted octanol–water partition coefficient (Wildman–Crippen LogP) is 5.24. The van der Waals surface area contributed by atoms with E-state index >= 15 is 0 Å². The summed E-state index contributed by atoms with van der Waals surface area (Å²) < 4.78 is 12.0. The lowest BCUT2D eigenvalue weighted by atomic mass is 9.96. The summed E-state index contributed by atoms with van der Waals surface area (Å²) in [6.07, 6.45) is -0.263. The van der Waals surface area contributed by atoms with E-state index in [1.54, 1.807) is 0 Å². The third kappa shape index (κ3) is 4.78. The molecule has 0 radical (unpaired) electrons. The summed E-state index contributed by atoms with van der Waals surface area (Å²) in [4.78, 5) is 13.0. The number of carbonyl (C=O) groups excluding carboxylic acids is 1. The minimum Gasteiger partial charge on any atom is -0.466 e. The van der Waals surface area contributed by atoms with Crippen LogP contribution in [0, 0.1) is 0 Å². The summed E-state index contributed by atoms with van der Waals surface area (Å²) >= 11 is 0. The maximum absolute atomic E-state index is 13.0. The Morgan fingerprint density at radius 1 is 1.09 bits per heavy atom.